The zero-order valence-electron chi connectivity index (χ0n) is 12.5. The molecule has 0 saturated carbocycles. The van der Waals surface area contributed by atoms with Crippen LogP contribution in [-0.2, 0) is 5.54 Å². The monoisotopic (exact) mass is 284 g/mol. The Morgan fingerprint density at radius 1 is 1.29 bits per heavy atom. The zero-order valence-corrected chi connectivity index (χ0v) is 12.5. The molecule has 1 aliphatic heterocycles. The zero-order chi connectivity index (χ0) is 14.9. The van der Waals surface area contributed by atoms with E-state index >= 15 is 0 Å². The molecule has 2 aromatic rings. The largest absolute Gasteiger partial charge is 0.367 e. The molecular weight excluding hydrogens is 264 g/mol. The van der Waals surface area contributed by atoms with Gasteiger partial charge in [0.25, 0.3) is 0 Å². The van der Waals surface area contributed by atoms with E-state index in [0.717, 1.165) is 48.3 Å². The first-order valence-electron chi connectivity index (χ1n) is 7.31. The summed E-state index contributed by atoms with van der Waals surface area (Å²) in [5, 5.41) is 7.70. The van der Waals surface area contributed by atoms with E-state index in [1.54, 1.807) is 0 Å². The first-order chi connectivity index (χ1) is 10.1. The Labute approximate surface area is 124 Å². The molecule has 5 nitrogen and oxygen atoms in total. The van der Waals surface area contributed by atoms with E-state index < -0.39 is 5.54 Å². The van der Waals surface area contributed by atoms with Gasteiger partial charge in [0.15, 0.2) is 0 Å². The fourth-order valence-electron chi connectivity index (χ4n) is 2.73. The molecule has 0 radical (unpaired) electrons. The van der Waals surface area contributed by atoms with Crippen molar-refractivity contribution >= 4 is 16.6 Å². The predicted octanol–water partition coefficient (Wildman–Crippen LogP) is 2.65. The summed E-state index contributed by atoms with van der Waals surface area (Å²) in [6.45, 7) is 7.52. The Kier molecular flexibility index (Phi) is 3.59. The fourth-order valence-corrected chi connectivity index (χ4v) is 2.73. The number of aromatic nitrogens is 1. The molecule has 2 heterocycles. The number of anilines is 1. The number of nitrogens with zero attached hydrogens (tertiary/aromatic N) is 3. The van der Waals surface area contributed by atoms with Crippen LogP contribution in [0.15, 0.2) is 35.6 Å². The molecule has 21 heavy (non-hydrogen) atoms. The van der Waals surface area contributed by atoms with Crippen molar-refractivity contribution in [1.29, 1.82) is 0 Å². The molecule has 0 aliphatic carbocycles. The number of hydrogen-bond donors (Lipinski definition) is 1. The highest BCUT2D eigenvalue weighted by Gasteiger charge is 2.24. The molecule has 1 aliphatic rings. The molecule has 1 aromatic carbocycles. The van der Waals surface area contributed by atoms with Crippen LogP contribution in [0.1, 0.15) is 19.4 Å². The van der Waals surface area contributed by atoms with Crippen LogP contribution in [0.25, 0.3) is 10.9 Å². The third-order valence-corrected chi connectivity index (χ3v) is 4.08. The molecule has 1 saturated heterocycles. The Morgan fingerprint density at radius 3 is 2.76 bits per heavy atom. The number of nitrogens with one attached hydrogen (secondary N) is 1. The lowest BCUT2D eigenvalue weighted by Gasteiger charge is -2.31. The molecule has 0 unspecified atom stereocenters. The topological polar surface area (TPSA) is 57.6 Å². The Hall–Kier alpha value is -2.01. The SMILES string of the molecule is CC(C)(N=O)c1cc(N2CCNCC2)c2ncccc2c1. The van der Waals surface area contributed by atoms with Crippen molar-refractivity contribution in [3.63, 3.8) is 0 Å². The van der Waals surface area contributed by atoms with E-state index in [4.69, 9.17) is 0 Å². The van der Waals surface area contributed by atoms with Crippen molar-refractivity contribution in [3.05, 3.63) is 40.9 Å². The van der Waals surface area contributed by atoms with Gasteiger partial charge in [-0.3, -0.25) is 4.98 Å². The number of pyridine rings is 1. The van der Waals surface area contributed by atoms with Crippen LogP contribution in [0.3, 0.4) is 0 Å². The molecule has 110 valence electrons. The van der Waals surface area contributed by atoms with E-state index in [-0.39, 0.29) is 0 Å². The Balaban J connectivity index is 2.17. The molecule has 0 bridgehead atoms. The van der Waals surface area contributed by atoms with Gasteiger partial charge in [0, 0.05) is 37.8 Å². The second-order valence-corrected chi connectivity index (χ2v) is 5.96. The summed E-state index contributed by atoms with van der Waals surface area (Å²) < 4.78 is 0. The predicted molar refractivity (Wildman–Crippen MR) is 85.6 cm³/mol. The Morgan fingerprint density at radius 2 is 2.05 bits per heavy atom. The smallest absolute Gasteiger partial charge is 0.122 e. The van der Waals surface area contributed by atoms with Crippen molar-refractivity contribution in [3.8, 4) is 0 Å². The normalized spacial score (nSPS) is 16.2. The Bertz CT molecular complexity index is 662. The lowest BCUT2D eigenvalue weighted by atomic mass is 9.93. The summed E-state index contributed by atoms with van der Waals surface area (Å²) in [7, 11) is 0. The van der Waals surface area contributed by atoms with Crippen molar-refractivity contribution in [2.24, 2.45) is 5.18 Å². The molecule has 5 heteroatoms. The summed E-state index contributed by atoms with van der Waals surface area (Å²) >= 11 is 0. The fraction of sp³-hybridized carbons (Fsp3) is 0.438. The highest BCUT2D eigenvalue weighted by Crippen LogP contribution is 2.33. The van der Waals surface area contributed by atoms with E-state index in [1.807, 2.05) is 38.2 Å². The second kappa shape index (κ2) is 5.41. The summed E-state index contributed by atoms with van der Waals surface area (Å²) in [6, 6.07) is 8.06. The van der Waals surface area contributed by atoms with Gasteiger partial charge < -0.3 is 10.2 Å². The summed E-state index contributed by atoms with van der Waals surface area (Å²) in [5.74, 6) is 0. The number of hydrogen-bond acceptors (Lipinski definition) is 5. The highest BCUT2D eigenvalue weighted by atomic mass is 16.3. The number of nitroso groups, excluding NO2 is 1. The van der Waals surface area contributed by atoms with Crippen molar-refractivity contribution in [2.45, 2.75) is 19.4 Å². The molecule has 0 spiro atoms. The quantitative estimate of drug-likeness (QED) is 0.880. The summed E-state index contributed by atoms with van der Waals surface area (Å²) in [5.41, 5.74) is 2.30. The van der Waals surface area contributed by atoms with Crippen LogP contribution in [0, 0.1) is 4.91 Å². The summed E-state index contributed by atoms with van der Waals surface area (Å²) in [6.07, 6.45) is 1.82. The van der Waals surface area contributed by atoms with E-state index in [1.165, 1.54) is 0 Å². The van der Waals surface area contributed by atoms with E-state index in [2.05, 4.69) is 26.4 Å². The number of fused-ring (bicyclic) bond motifs is 1. The molecule has 0 atom stereocenters. The van der Waals surface area contributed by atoms with Crippen LogP contribution in [-0.4, -0.2) is 31.2 Å². The minimum absolute atomic E-state index is 0.729. The number of rotatable bonds is 3. The van der Waals surface area contributed by atoms with E-state index in [0.29, 0.717) is 0 Å². The minimum atomic E-state index is -0.729. The van der Waals surface area contributed by atoms with Crippen molar-refractivity contribution < 1.29 is 0 Å². The van der Waals surface area contributed by atoms with Crippen molar-refractivity contribution in [2.75, 3.05) is 31.1 Å². The van der Waals surface area contributed by atoms with Crippen LogP contribution in [0.5, 0.6) is 0 Å². The molecule has 3 rings (SSSR count). The molecule has 1 fully saturated rings. The van der Waals surface area contributed by atoms with E-state index in [9.17, 15) is 4.91 Å². The molecule has 1 aromatic heterocycles. The minimum Gasteiger partial charge on any atom is -0.367 e. The van der Waals surface area contributed by atoms with Crippen LogP contribution in [0.2, 0.25) is 0 Å². The third kappa shape index (κ3) is 2.61. The maximum atomic E-state index is 11.2. The van der Waals surface area contributed by atoms with Gasteiger partial charge in [-0.15, -0.1) is 4.91 Å². The van der Waals surface area contributed by atoms with Crippen LogP contribution >= 0.6 is 0 Å². The van der Waals surface area contributed by atoms with Gasteiger partial charge >= 0.3 is 0 Å². The first kappa shape index (κ1) is 13.9. The van der Waals surface area contributed by atoms with Gasteiger partial charge in [-0.25, -0.2) is 0 Å². The van der Waals surface area contributed by atoms with Crippen LogP contribution in [0.4, 0.5) is 5.69 Å². The van der Waals surface area contributed by atoms with Gasteiger partial charge in [0.2, 0.25) is 0 Å². The molecule has 0 amide bonds. The third-order valence-electron chi connectivity index (χ3n) is 4.08. The van der Waals surface area contributed by atoms with Crippen molar-refractivity contribution in [1.82, 2.24) is 10.3 Å². The van der Waals surface area contributed by atoms with Gasteiger partial charge in [0.05, 0.1) is 11.2 Å². The number of piperazine rings is 1. The van der Waals surface area contributed by atoms with Gasteiger partial charge in [-0.2, -0.15) is 0 Å². The lowest BCUT2D eigenvalue weighted by molar-refractivity contribution is 0.551. The van der Waals surface area contributed by atoms with Gasteiger partial charge in [-0.05, 0) is 37.6 Å². The van der Waals surface area contributed by atoms with Gasteiger partial charge in [0.1, 0.15) is 5.54 Å². The highest BCUT2D eigenvalue weighted by molar-refractivity contribution is 5.91. The van der Waals surface area contributed by atoms with Crippen LogP contribution < -0.4 is 10.2 Å². The molecule has 1 N–H and O–H groups in total. The number of benzene rings is 1. The second-order valence-electron chi connectivity index (χ2n) is 5.96. The van der Waals surface area contributed by atoms with Gasteiger partial charge in [-0.1, -0.05) is 11.2 Å². The summed E-state index contributed by atoms with van der Waals surface area (Å²) in [4.78, 5) is 18.0. The average Bonchev–Trinajstić information content (AvgIpc) is 2.54. The first-order valence-corrected chi connectivity index (χ1v) is 7.31. The maximum absolute atomic E-state index is 11.2. The lowest BCUT2D eigenvalue weighted by Crippen LogP contribution is -2.43. The molecular formula is C16H20N4O. The standard InChI is InChI=1S/C16H20N4O/c1-16(2,19-21)13-10-12-4-3-5-18-15(12)14(11-13)20-8-6-17-7-9-20/h3-5,10-11,17H,6-9H2,1-2H3. The maximum Gasteiger partial charge on any atom is 0.122 e. The average molecular weight is 284 g/mol.